The molecule has 0 spiro atoms. The van der Waals surface area contributed by atoms with Crippen LogP contribution in [0, 0.1) is 23.2 Å². The molecule has 0 heterocycles. The summed E-state index contributed by atoms with van der Waals surface area (Å²) in [4.78, 5) is 0. The molecule has 0 aliphatic heterocycles. The van der Waals surface area contributed by atoms with Crippen LogP contribution in [0.3, 0.4) is 0 Å². The fraction of sp³-hybridized carbons (Fsp3) is 1.00. The number of rotatable bonds is 2. The highest BCUT2D eigenvalue weighted by molar-refractivity contribution is 5.10. The van der Waals surface area contributed by atoms with Crippen molar-refractivity contribution in [3.8, 4) is 0 Å². The summed E-state index contributed by atoms with van der Waals surface area (Å²) in [5, 5.41) is 0. The van der Waals surface area contributed by atoms with Crippen LogP contribution >= 0.6 is 0 Å². The van der Waals surface area contributed by atoms with E-state index in [4.69, 9.17) is 5.73 Å². The van der Waals surface area contributed by atoms with Gasteiger partial charge in [0.2, 0.25) is 0 Å². The lowest BCUT2D eigenvalue weighted by atomic mass is 9.96. The Morgan fingerprint density at radius 2 is 1.44 bits per heavy atom. The molecule has 0 aromatic heterocycles. The maximum absolute atomic E-state index is 12.4. The second kappa shape index (κ2) is 3.51. The van der Waals surface area contributed by atoms with Crippen molar-refractivity contribution in [3.05, 3.63) is 0 Å². The van der Waals surface area contributed by atoms with E-state index in [2.05, 4.69) is 0 Å². The normalized spacial score (nSPS) is 29.6. The molecule has 1 nitrogen and oxygen atoms in total. The van der Waals surface area contributed by atoms with Crippen LogP contribution in [0.15, 0.2) is 0 Å². The summed E-state index contributed by atoms with van der Waals surface area (Å²) in [6.07, 6.45) is -10.5. The van der Waals surface area contributed by atoms with E-state index in [0.717, 1.165) is 0 Å². The lowest BCUT2D eigenvalue weighted by Crippen LogP contribution is -2.39. The topological polar surface area (TPSA) is 26.0 Å². The third-order valence-electron chi connectivity index (χ3n) is 3.46. The fourth-order valence-electron chi connectivity index (χ4n) is 2.49. The number of alkyl halides is 6. The zero-order valence-electron chi connectivity index (χ0n) is 8.78. The van der Waals surface area contributed by atoms with Crippen LogP contribution in [0.25, 0.3) is 0 Å². The van der Waals surface area contributed by atoms with Crippen molar-refractivity contribution in [3.63, 3.8) is 0 Å². The summed E-state index contributed by atoms with van der Waals surface area (Å²) in [5.41, 5.74) is 4.19. The van der Waals surface area contributed by atoms with Crippen molar-refractivity contribution < 1.29 is 26.3 Å². The van der Waals surface area contributed by atoms with Crippen molar-refractivity contribution in [2.24, 2.45) is 28.9 Å². The van der Waals surface area contributed by atoms with Gasteiger partial charge in [0, 0.05) is 0 Å². The van der Waals surface area contributed by atoms with Gasteiger partial charge in [-0.15, -0.1) is 0 Å². The summed E-state index contributed by atoms with van der Waals surface area (Å²) in [6.45, 7) is 2.62. The number of nitrogens with two attached hydrogens (primary N) is 1. The highest BCUT2D eigenvalue weighted by atomic mass is 19.4. The zero-order valence-corrected chi connectivity index (χ0v) is 8.78. The average Bonchev–Trinajstić information content (AvgIpc) is 2.47. The van der Waals surface area contributed by atoms with E-state index in [1.54, 1.807) is 0 Å². The Kier molecular flexibility index (Phi) is 2.99. The molecule has 0 saturated heterocycles. The quantitative estimate of drug-likeness (QED) is 0.748. The molecular weight excluding hydrogens is 236 g/mol. The van der Waals surface area contributed by atoms with Crippen LogP contribution in [0.1, 0.15) is 13.8 Å². The molecule has 2 atom stereocenters. The van der Waals surface area contributed by atoms with Crippen molar-refractivity contribution >= 4 is 0 Å². The largest absolute Gasteiger partial charge is 0.400 e. The first kappa shape index (κ1) is 13.6. The second-order valence-electron chi connectivity index (χ2n) is 4.75. The Morgan fingerprint density at radius 1 is 1.06 bits per heavy atom. The van der Waals surface area contributed by atoms with E-state index in [0.29, 0.717) is 0 Å². The van der Waals surface area contributed by atoms with Gasteiger partial charge < -0.3 is 5.73 Å². The molecule has 1 aliphatic rings. The van der Waals surface area contributed by atoms with Gasteiger partial charge in [-0.1, -0.05) is 13.8 Å². The van der Waals surface area contributed by atoms with Gasteiger partial charge in [-0.3, -0.25) is 0 Å². The van der Waals surface area contributed by atoms with Gasteiger partial charge in [0.1, 0.15) is 0 Å². The van der Waals surface area contributed by atoms with Crippen LogP contribution in [-0.2, 0) is 0 Å². The van der Waals surface area contributed by atoms with E-state index in [1.165, 1.54) is 13.8 Å². The third kappa shape index (κ3) is 2.14. The van der Waals surface area contributed by atoms with Crippen LogP contribution in [0.5, 0.6) is 0 Å². The summed E-state index contributed by atoms with van der Waals surface area (Å²) in [5.74, 6) is -5.44. The van der Waals surface area contributed by atoms with Crippen LogP contribution < -0.4 is 5.73 Å². The zero-order chi connectivity index (χ0) is 12.9. The van der Waals surface area contributed by atoms with Crippen molar-refractivity contribution in [1.29, 1.82) is 0 Å². The third-order valence-corrected chi connectivity index (χ3v) is 3.46. The smallest absolute Gasteiger partial charge is 0.330 e. The molecule has 0 bridgehead atoms. The van der Waals surface area contributed by atoms with Crippen molar-refractivity contribution in [2.45, 2.75) is 26.2 Å². The van der Waals surface area contributed by atoms with Gasteiger partial charge in [-0.2, -0.15) is 26.3 Å². The first-order valence-electron chi connectivity index (χ1n) is 4.77. The summed E-state index contributed by atoms with van der Waals surface area (Å²) in [6, 6.07) is 0. The highest BCUT2D eigenvalue weighted by Crippen LogP contribution is 2.66. The first-order valence-corrected chi connectivity index (χ1v) is 4.77. The SMILES string of the molecule is CC1(C)[C@@H](CN)[C@@H]1C(C(F)(F)F)C(F)(F)F. The second-order valence-corrected chi connectivity index (χ2v) is 4.75. The van der Waals surface area contributed by atoms with Gasteiger partial charge in [-0.05, 0) is 23.8 Å². The minimum atomic E-state index is -5.26. The molecule has 1 saturated carbocycles. The van der Waals surface area contributed by atoms with Gasteiger partial charge in [0.25, 0.3) is 0 Å². The van der Waals surface area contributed by atoms with Gasteiger partial charge in [0.05, 0.1) is 0 Å². The molecule has 0 unspecified atom stereocenters. The lowest BCUT2D eigenvalue weighted by Gasteiger charge is -2.24. The van der Waals surface area contributed by atoms with E-state index in [-0.39, 0.29) is 6.54 Å². The fourth-order valence-corrected chi connectivity index (χ4v) is 2.49. The molecule has 0 amide bonds. The molecular formula is C9H13F6N. The van der Waals surface area contributed by atoms with Crippen LogP contribution in [-0.4, -0.2) is 18.9 Å². The Labute approximate surface area is 89.0 Å². The Balaban J connectivity index is 2.99. The summed E-state index contributed by atoms with van der Waals surface area (Å²) >= 11 is 0. The lowest BCUT2D eigenvalue weighted by molar-refractivity contribution is -0.293. The number of hydrogen-bond acceptors (Lipinski definition) is 1. The summed E-state index contributed by atoms with van der Waals surface area (Å²) < 4.78 is 74.4. The first-order chi connectivity index (χ1) is 6.94. The molecule has 96 valence electrons. The Hall–Kier alpha value is -0.460. The molecule has 2 N–H and O–H groups in total. The Bertz CT molecular complexity index is 252. The predicted molar refractivity (Wildman–Crippen MR) is 45.4 cm³/mol. The molecule has 1 rings (SSSR count). The Morgan fingerprint density at radius 3 is 1.62 bits per heavy atom. The van der Waals surface area contributed by atoms with E-state index < -0.39 is 35.5 Å². The van der Waals surface area contributed by atoms with Gasteiger partial charge in [0.15, 0.2) is 5.92 Å². The molecule has 7 heteroatoms. The standard InChI is InChI=1S/C9H13F6N/c1-7(2)4(3-16)5(7)6(8(10,11)12)9(13,14)15/h4-6H,3,16H2,1-2H3/t4-,5+/m0/s1. The van der Waals surface area contributed by atoms with Crippen LogP contribution in [0.2, 0.25) is 0 Å². The van der Waals surface area contributed by atoms with Crippen LogP contribution in [0.4, 0.5) is 26.3 Å². The average molecular weight is 249 g/mol. The van der Waals surface area contributed by atoms with E-state index in [1.807, 2.05) is 0 Å². The highest BCUT2D eigenvalue weighted by Gasteiger charge is 2.72. The molecule has 1 aliphatic carbocycles. The monoisotopic (exact) mass is 249 g/mol. The number of hydrogen-bond donors (Lipinski definition) is 1. The predicted octanol–water partition coefficient (Wildman–Crippen LogP) is 2.96. The molecule has 1 fully saturated rings. The summed E-state index contributed by atoms with van der Waals surface area (Å²) in [7, 11) is 0. The van der Waals surface area contributed by atoms with E-state index >= 15 is 0 Å². The molecule has 0 aromatic rings. The van der Waals surface area contributed by atoms with E-state index in [9.17, 15) is 26.3 Å². The maximum Gasteiger partial charge on any atom is 0.400 e. The molecule has 16 heavy (non-hydrogen) atoms. The molecule has 0 aromatic carbocycles. The maximum atomic E-state index is 12.4. The van der Waals surface area contributed by atoms with Gasteiger partial charge in [-0.25, -0.2) is 0 Å². The van der Waals surface area contributed by atoms with Gasteiger partial charge >= 0.3 is 12.4 Å². The minimum Gasteiger partial charge on any atom is -0.330 e. The molecule has 0 radical (unpaired) electrons. The van der Waals surface area contributed by atoms with Crippen molar-refractivity contribution in [2.75, 3.05) is 6.54 Å². The van der Waals surface area contributed by atoms with Crippen molar-refractivity contribution in [1.82, 2.24) is 0 Å². The number of halogens is 6. The minimum absolute atomic E-state index is 0.152.